The molecular weight excluding hydrogens is 356 g/mol. The van der Waals surface area contributed by atoms with Crippen LogP contribution in [0.1, 0.15) is 6.92 Å². The Morgan fingerprint density at radius 3 is 2.50 bits per heavy atom. The van der Waals surface area contributed by atoms with Crippen LogP contribution in [0, 0.1) is 0 Å². The van der Waals surface area contributed by atoms with E-state index in [2.05, 4.69) is 30.2 Å². The molecule has 0 fully saturated rings. The van der Waals surface area contributed by atoms with Gasteiger partial charge < -0.3 is 10.1 Å². The van der Waals surface area contributed by atoms with Gasteiger partial charge in [0.1, 0.15) is 5.82 Å². The number of hydrogen-bond donors (Lipinski definition) is 3. The van der Waals surface area contributed by atoms with Crippen molar-refractivity contribution >= 4 is 27.3 Å². The molecule has 0 unspecified atom stereocenters. The molecular formula is C16H18N6O3S. The molecule has 0 aliphatic heterocycles. The second-order valence-electron chi connectivity index (χ2n) is 5.32. The van der Waals surface area contributed by atoms with Gasteiger partial charge in [0.2, 0.25) is 15.9 Å². The second kappa shape index (κ2) is 7.40. The smallest absolute Gasteiger partial charge is 0.232 e. The number of aromatic nitrogens is 4. The fourth-order valence-corrected chi connectivity index (χ4v) is 2.76. The maximum Gasteiger partial charge on any atom is 0.232 e. The zero-order chi connectivity index (χ0) is 18.6. The van der Waals surface area contributed by atoms with Crippen LogP contribution >= 0.6 is 0 Å². The van der Waals surface area contributed by atoms with Crippen molar-refractivity contribution in [3.8, 4) is 17.1 Å². The molecule has 0 amide bonds. The average molecular weight is 374 g/mol. The lowest BCUT2D eigenvalue weighted by molar-refractivity contribution is 0.396. The Morgan fingerprint density at radius 1 is 1.12 bits per heavy atom. The van der Waals surface area contributed by atoms with Crippen molar-refractivity contribution in [2.45, 2.75) is 6.92 Å². The van der Waals surface area contributed by atoms with Gasteiger partial charge in [0, 0.05) is 11.8 Å². The highest BCUT2D eigenvalue weighted by Gasteiger charge is 2.08. The summed E-state index contributed by atoms with van der Waals surface area (Å²) in [7, 11) is -1.76. The molecule has 9 nitrogen and oxygen atoms in total. The number of rotatable bonds is 7. The van der Waals surface area contributed by atoms with Gasteiger partial charge in [-0.2, -0.15) is 5.10 Å². The minimum atomic E-state index is -3.29. The quantitative estimate of drug-likeness (QED) is 0.580. The van der Waals surface area contributed by atoms with Crippen molar-refractivity contribution in [1.82, 2.24) is 20.2 Å². The molecule has 0 radical (unpaired) electrons. The SMILES string of the molecule is CCS(=O)(=O)Nc1ccc(-c2cc(Nc3cnc(OC)cn3)n[nH]2)cc1. The molecule has 2 heterocycles. The summed E-state index contributed by atoms with van der Waals surface area (Å²) in [4.78, 5) is 8.23. The lowest BCUT2D eigenvalue weighted by Crippen LogP contribution is -2.14. The van der Waals surface area contributed by atoms with Gasteiger partial charge in [-0.3, -0.25) is 9.82 Å². The van der Waals surface area contributed by atoms with Crippen LogP contribution in [0.2, 0.25) is 0 Å². The number of nitrogens with zero attached hydrogens (tertiary/aromatic N) is 3. The molecule has 1 aromatic carbocycles. The predicted molar refractivity (Wildman–Crippen MR) is 99.0 cm³/mol. The van der Waals surface area contributed by atoms with Crippen molar-refractivity contribution in [1.29, 1.82) is 0 Å². The molecule has 0 bridgehead atoms. The first-order valence-electron chi connectivity index (χ1n) is 7.78. The van der Waals surface area contributed by atoms with Crippen LogP contribution in [0.4, 0.5) is 17.3 Å². The molecule has 3 aromatic rings. The normalized spacial score (nSPS) is 11.2. The van der Waals surface area contributed by atoms with Crippen LogP contribution in [-0.4, -0.2) is 41.4 Å². The largest absolute Gasteiger partial charge is 0.480 e. The summed E-state index contributed by atoms with van der Waals surface area (Å²) >= 11 is 0. The predicted octanol–water partition coefficient (Wildman–Crippen LogP) is 2.38. The van der Waals surface area contributed by atoms with Crippen LogP contribution in [0.15, 0.2) is 42.7 Å². The maximum absolute atomic E-state index is 11.6. The number of methoxy groups -OCH3 is 1. The fourth-order valence-electron chi connectivity index (χ4n) is 2.12. The summed E-state index contributed by atoms with van der Waals surface area (Å²) in [5, 5.41) is 10.1. The Bertz CT molecular complexity index is 968. The molecule has 10 heteroatoms. The highest BCUT2D eigenvalue weighted by Crippen LogP contribution is 2.23. The highest BCUT2D eigenvalue weighted by atomic mass is 32.2. The van der Waals surface area contributed by atoms with Gasteiger partial charge in [0.15, 0.2) is 5.82 Å². The lowest BCUT2D eigenvalue weighted by Gasteiger charge is -2.06. The van der Waals surface area contributed by atoms with Gasteiger partial charge in [-0.1, -0.05) is 12.1 Å². The molecule has 0 saturated carbocycles. The fraction of sp³-hybridized carbons (Fsp3) is 0.188. The van der Waals surface area contributed by atoms with Crippen LogP contribution in [0.5, 0.6) is 5.88 Å². The van der Waals surface area contributed by atoms with Gasteiger partial charge in [-0.05, 0) is 24.6 Å². The first-order chi connectivity index (χ1) is 12.5. The topological polar surface area (TPSA) is 122 Å². The third-order valence-corrected chi connectivity index (χ3v) is 4.83. The number of benzene rings is 1. The van der Waals surface area contributed by atoms with Crippen molar-refractivity contribution in [3.05, 3.63) is 42.7 Å². The van der Waals surface area contributed by atoms with E-state index in [1.165, 1.54) is 13.3 Å². The molecule has 26 heavy (non-hydrogen) atoms. The van der Waals surface area contributed by atoms with E-state index < -0.39 is 10.0 Å². The summed E-state index contributed by atoms with van der Waals surface area (Å²) in [5.74, 6) is 1.57. The van der Waals surface area contributed by atoms with Crippen LogP contribution < -0.4 is 14.8 Å². The maximum atomic E-state index is 11.6. The van der Waals surface area contributed by atoms with Crippen LogP contribution in [0.25, 0.3) is 11.3 Å². The van der Waals surface area contributed by atoms with Crippen LogP contribution in [-0.2, 0) is 10.0 Å². The monoisotopic (exact) mass is 374 g/mol. The number of nitrogens with one attached hydrogen (secondary N) is 3. The number of hydrogen-bond acceptors (Lipinski definition) is 7. The van der Waals surface area contributed by atoms with Crippen LogP contribution in [0.3, 0.4) is 0 Å². The molecule has 0 aliphatic rings. The third-order valence-electron chi connectivity index (χ3n) is 3.52. The van der Waals surface area contributed by atoms with E-state index in [-0.39, 0.29) is 5.75 Å². The van der Waals surface area contributed by atoms with E-state index in [0.717, 1.165) is 11.3 Å². The zero-order valence-electron chi connectivity index (χ0n) is 14.2. The standard InChI is InChI=1S/C16H18N6O3S/c1-3-26(23,24)22-12-6-4-11(5-7-12)13-8-14(21-20-13)19-15-9-18-16(25-2)10-17-15/h4-10,22H,3H2,1-2H3,(H2,17,19,20,21). The molecule has 0 spiro atoms. The summed E-state index contributed by atoms with van der Waals surface area (Å²) in [6, 6.07) is 8.82. The molecule has 136 valence electrons. The van der Waals surface area contributed by atoms with Gasteiger partial charge in [-0.15, -0.1) is 0 Å². The summed E-state index contributed by atoms with van der Waals surface area (Å²) in [6.07, 6.45) is 3.05. The van der Waals surface area contributed by atoms with E-state index >= 15 is 0 Å². The van der Waals surface area contributed by atoms with Gasteiger partial charge >= 0.3 is 0 Å². The molecule has 0 aliphatic carbocycles. The lowest BCUT2D eigenvalue weighted by atomic mass is 10.1. The first kappa shape index (κ1) is 17.7. The number of anilines is 3. The minimum absolute atomic E-state index is 0.0264. The number of sulfonamides is 1. The van der Waals surface area contributed by atoms with Crippen molar-refractivity contribution < 1.29 is 13.2 Å². The first-order valence-corrected chi connectivity index (χ1v) is 9.43. The molecule has 3 rings (SSSR count). The van der Waals surface area contributed by atoms with Crippen molar-refractivity contribution in [2.75, 3.05) is 22.9 Å². The van der Waals surface area contributed by atoms with Gasteiger partial charge in [0.05, 0.1) is 31.0 Å². The zero-order valence-corrected chi connectivity index (χ0v) is 15.0. The highest BCUT2D eigenvalue weighted by molar-refractivity contribution is 7.92. The average Bonchev–Trinajstić information content (AvgIpc) is 3.11. The van der Waals surface area contributed by atoms with E-state index in [1.807, 2.05) is 6.07 Å². The van der Waals surface area contributed by atoms with Crippen molar-refractivity contribution in [2.24, 2.45) is 0 Å². The number of ether oxygens (including phenoxy) is 1. The summed E-state index contributed by atoms with van der Waals surface area (Å²) in [5.41, 5.74) is 2.16. The van der Waals surface area contributed by atoms with Crippen molar-refractivity contribution in [3.63, 3.8) is 0 Å². The van der Waals surface area contributed by atoms with E-state index in [1.54, 1.807) is 37.4 Å². The molecule has 0 saturated heterocycles. The van der Waals surface area contributed by atoms with Gasteiger partial charge in [-0.25, -0.2) is 18.4 Å². The molecule has 3 N–H and O–H groups in total. The Hall–Kier alpha value is -3.14. The third kappa shape index (κ3) is 4.28. The Kier molecular flexibility index (Phi) is 5.03. The van der Waals surface area contributed by atoms with E-state index in [0.29, 0.717) is 23.2 Å². The molecule has 2 aromatic heterocycles. The van der Waals surface area contributed by atoms with Gasteiger partial charge in [0.25, 0.3) is 0 Å². The Labute approximate surface area is 150 Å². The van der Waals surface area contributed by atoms with E-state index in [9.17, 15) is 8.42 Å². The summed E-state index contributed by atoms with van der Waals surface area (Å²) < 4.78 is 30.6. The second-order valence-corrected chi connectivity index (χ2v) is 7.33. The van der Waals surface area contributed by atoms with E-state index in [4.69, 9.17) is 4.74 Å². The summed E-state index contributed by atoms with van der Waals surface area (Å²) in [6.45, 7) is 1.59. The minimum Gasteiger partial charge on any atom is -0.480 e. The molecule has 0 atom stereocenters. The number of aromatic amines is 1. The number of H-pyrrole nitrogens is 1. The Morgan fingerprint density at radius 2 is 1.88 bits per heavy atom. The Balaban J connectivity index is 1.70.